The normalized spacial score (nSPS) is 11.9. The minimum atomic E-state index is -0.276. The molecule has 0 aliphatic carbocycles. The van der Waals surface area contributed by atoms with Gasteiger partial charge >= 0.3 is 0 Å². The van der Waals surface area contributed by atoms with E-state index in [4.69, 9.17) is 4.98 Å². The zero-order valence-electron chi connectivity index (χ0n) is 22.1. The van der Waals surface area contributed by atoms with Crippen LogP contribution in [-0.2, 0) is 6.54 Å². The molecule has 0 bridgehead atoms. The highest BCUT2D eigenvalue weighted by atomic mass is 31.1. The van der Waals surface area contributed by atoms with Gasteiger partial charge in [0.25, 0.3) is 5.91 Å². The molecule has 1 amide bonds. The summed E-state index contributed by atoms with van der Waals surface area (Å²) in [6.07, 6.45) is 1.89. The SMILES string of the molecule is CPc1cnn2c(NCc3cccc(NC(=O)c4cccc(C(C)C#N)c4)c3)cc(-c3ccccc3C)nc12. The van der Waals surface area contributed by atoms with Gasteiger partial charge < -0.3 is 10.6 Å². The summed E-state index contributed by atoms with van der Waals surface area (Å²) in [7, 11) is 0.582. The quantitative estimate of drug-likeness (QED) is 0.235. The van der Waals surface area contributed by atoms with Gasteiger partial charge in [0.15, 0.2) is 5.65 Å². The van der Waals surface area contributed by atoms with Crippen LogP contribution < -0.4 is 15.9 Å². The summed E-state index contributed by atoms with van der Waals surface area (Å²) in [5.74, 6) is 0.359. The molecule has 3 aromatic carbocycles. The van der Waals surface area contributed by atoms with Gasteiger partial charge in [0, 0.05) is 34.7 Å². The molecular weight excluding hydrogens is 503 g/mol. The molecule has 0 saturated carbocycles. The van der Waals surface area contributed by atoms with Crippen molar-refractivity contribution < 1.29 is 4.79 Å². The van der Waals surface area contributed by atoms with E-state index in [0.717, 1.165) is 44.7 Å². The Labute approximate surface area is 229 Å². The van der Waals surface area contributed by atoms with Crippen molar-refractivity contribution in [3.63, 3.8) is 0 Å². The Hall–Kier alpha value is -4.53. The maximum atomic E-state index is 12.9. The monoisotopic (exact) mass is 532 g/mol. The van der Waals surface area contributed by atoms with Crippen molar-refractivity contribution in [3.05, 3.63) is 107 Å². The van der Waals surface area contributed by atoms with Crippen LogP contribution in [0, 0.1) is 18.3 Å². The second-order valence-corrected chi connectivity index (χ2v) is 10.4. The molecule has 7 nitrogen and oxygen atoms in total. The molecule has 0 radical (unpaired) electrons. The van der Waals surface area contributed by atoms with Gasteiger partial charge in [-0.1, -0.05) is 57.1 Å². The number of nitrogens with one attached hydrogen (secondary N) is 2. The van der Waals surface area contributed by atoms with Crippen molar-refractivity contribution >= 4 is 36.9 Å². The van der Waals surface area contributed by atoms with Crippen molar-refractivity contribution in [2.45, 2.75) is 26.3 Å². The Morgan fingerprint density at radius 1 is 1.08 bits per heavy atom. The van der Waals surface area contributed by atoms with Crippen molar-refractivity contribution in [2.24, 2.45) is 0 Å². The van der Waals surface area contributed by atoms with E-state index in [1.165, 1.54) is 0 Å². The zero-order valence-corrected chi connectivity index (χ0v) is 23.1. The maximum Gasteiger partial charge on any atom is 0.255 e. The van der Waals surface area contributed by atoms with Crippen molar-refractivity contribution in [3.8, 4) is 17.3 Å². The standard InChI is InChI=1S/C31H29N6OP/c1-20-8-4-5-13-26(20)27-16-29(37-30(36-27)28(39-3)19-34-37)33-18-22-9-6-12-25(14-22)35-31(38)24-11-7-10-23(15-24)21(2)17-32/h4-16,19,21,33,39H,18H2,1-3H3,(H,35,38). The van der Waals surface area contributed by atoms with Gasteiger partial charge in [0.1, 0.15) is 5.82 Å². The molecule has 2 atom stereocenters. The molecule has 0 fully saturated rings. The Morgan fingerprint density at radius 3 is 2.69 bits per heavy atom. The lowest BCUT2D eigenvalue weighted by Crippen LogP contribution is -2.13. The van der Waals surface area contributed by atoms with Crippen LogP contribution in [-0.4, -0.2) is 27.2 Å². The fourth-order valence-electron chi connectivity index (χ4n) is 4.44. The number of aryl methyl sites for hydroxylation is 1. The predicted octanol–water partition coefficient (Wildman–Crippen LogP) is 6.13. The summed E-state index contributed by atoms with van der Waals surface area (Å²) in [5, 5.41) is 21.4. The molecule has 2 heterocycles. The number of hydrogen-bond donors (Lipinski definition) is 2. The topological polar surface area (TPSA) is 95.1 Å². The molecular formula is C31H29N6OP. The lowest BCUT2D eigenvalue weighted by molar-refractivity contribution is 0.102. The second kappa shape index (κ2) is 11.5. The van der Waals surface area contributed by atoms with E-state index >= 15 is 0 Å². The molecule has 0 aliphatic rings. The third kappa shape index (κ3) is 5.67. The molecule has 194 valence electrons. The van der Waals surface area contributed by atoms with E-state index < -0.39 is 0 Å². The van der Waals surface area contributed by atoms with Crippen LogP contribution in [0.3, 0.4) is 0 Å². The first-order valence-corrected chi connectivity index (χ1v) is 14.2. The first-order valence-electron chi connectivity index (χ1n) is 12.7. The van der Waals surface area contributed by atoms with Gasteiger partial charge in [-0.25, -0.2) is 4.98 Å². The summed E-state index contributed by atoms with van der Waals surface area (Å²) in [6, 6.07) is 27.4. The van der Waals surface area contributed by atoms with Gasteiger partial charge in [-0.3, -0.25) is 4.79 Å². The largest absolute Gasteiger partial charge is 0.366 e. The third-order valence-corrected chi connectivity index (χ3v) is 7.55. The fraction of sp³-hybridized carbons (Fsp3) is 0.161. The number of carbonyl (C=O) groups excluding carboxylic acids is 1. The van der Waals surface area contributed by atoms with Crippen molar-refractivity contribution in [2.75, 3.05) is 17.3 Å². The first kappa shape index (κ1) is 26.1. The molecule has 8 heteroatoms. The Kier molecular flexibility index (Phi) is 7.67. The van der Waals surface area contributed by atoms with Gasteiger partial charge in [-0.05, 0) is 61.5 Å². The van der Waals surface area contributed by atoms with Crippen LogP contribution in [0.5, 0.6) is 0 Å². The van der Waals surface area contributed by atoms with Crippen LogP contribution in [0.15, 0.2) is 85.1 Å². The van der Waals surface area contributed by atoms with E-state index in [9.17, 15) is 10.1 Å². The molecule has 39 heavy (non-hydrogen) atoms. The predicted molar refractivity (Wildman–Crippen MR) is 159 cm³/mol. The highest BCUT2D eigenvalue weighted by molar-refractivity contribution is 7.46. The van der Waals surface area contributed by atoms with Crippen LogP contribution in [0.2, 0.25) is 0 Å². The van der Waals surface area contributed by atoms with Gasteiger partial charge in [0.2, 0.25) is 0 Å². The maximum absolute atomic E-state index is 12.9. The molecule has 2 unspecified atom stereocenters. The number of nitriles is 1. The number of fused-ring (bicyclic) bond motifs is 1. The number of amides is 1. The number of rotatable bonds is 8. The van der Waals surface area contributed by atoms with Gasteiger partial charge in [0.05, 0.1) is 23.9 Å². The summed E-state index contributed by atoms with van der Waals surface area (Å²) in [6.45, 7) is 6.58. The second-order valence-electron chi connectivity index (χ2n) is 9.37. The minimum Gasteiger partial charge on any atom is -0.366 e. The first-order chi connectivity index (χ1) is 19.0. The molecule has 5 aromatic rings. The zero-order chi connectivity index (χ0) is 27.4. The summed E-state index contributed by atoms with van der Waals surface area (Å²) in [5.41, 5.74) is 7.06. The van der Waals surface area contributed by atoms with Crippen LogP contribution in [0.4, 0.5) is 11.5 Å². The number of aromatic nitrogens is 3. The summed E-state index contributed by atoms with van der Waals surface area (Å²) >= 11 is 0. The van der Waals surface area contributed by atoms with Crippen molar-refractivity contribution in [1.82, 2.24) is 14.6 Å². The average molecular weight is 533 g/mol. The molecule has 0 spiro atoms. The van der Waals surface area contributed by atoms with E-state index in [1.807, 2.05) is 66.2 Å². The van der Waals surface area contributed by atoms with E-state index in [2.05, 4.69) is 47.5 Å². The number of nitrogens with zero attached hydrogens (tertiary/aromatic N) is 4. The smallest absolute Gasteiger partial charge is 0.255 e. The molecule has 0 aliphatic heterocycles. The van der Waals surface area contributed by atoms with E-state index in [0.29, 0.717) is 26.4 Å². The molecule has 5 rings (SSSR count). The highest BCUT2D eigenvalue weighted by Gasteiger charge is 2.14. The highest BCUT2D eigenvalue weighted by Crippen LogP contribution is 2.26. The Bertz CT molecular complexity index is 1700. The number of benzene rings is 3. The average Bonchev–Trinajstić information content (AvgIpc) is 3.39. The molecule has 0 saturated heterocycles. The minimum absolute atomic E-state index is 0.213. The fourth-order valence-corrected chi connectivity index (χ4v) is 5.01. The third-order valence-electron chi connectivity index (χ3n) is 6.66. The van der Waals surface area contributed by atoms with Crippen LogP contribution in [0.25, 0.3) is 16.9 Å². The van der Waals surface area contributed by atoms with E-state index in [-0.39, 0.29) is 11.8 Å². The Morgan fingerprint density at radius 2 is 1.90 bits per heavy atom. The van der Waals surface area contributed by atoms with E-state index in [1.54, 1.807) is 18.2 Å². The number of anilines is 2. The summed E-state index contributed by atoms with van der Waals surface area (Å²) in [4.78, 5) is 17.9. The van der Waals surface area contributed by atoms with Gasteiger partial charge in [-0.2, -0.15) is 14.9 Å². The van der Waals surface area contributed by atoms with Crippen LogP contribution >= 0.6 is 8.58 Å². The number of carbonyl (C=O) groups is 1. The lowest BCUT2D eigenvalue weighted by Gasteiger charge is -2.13. The molecule has 2 aromatic heterocycles. The van der Waals surface area contributed by atoms with Gasteiger partial charge in [-0.15, -0.1) is 0 Å². The lowest BCUT2D eigenvalue weighted by atomic mass is 10.0. The number of hydrogen-bond acceptors (Lipinski definition) is 5. The Balaban J connectivity index is 1.37. The molecule has 2 N–H and O–H groups in total. The van der Waals surface area contributed by atoms with Crippen LogP contribution in [0.1, 0.15) is 39.9 Å². The van der Waals surface area contributed by atoms with Crippen molar-refractivity contribution in [1.29, 1.82) is 5.26 Å². The summed E-state index contributed by atoms with van der Waals surface area (Å²) < 4.78 is 1.86.